The van der Waals surface area contributed by atoms with Gasteiger partial charge in [-0.05, 0) is 30.3 Å². The first kappa shape index (κ1) is 17.4. The van der Waals surface area contributed by atoms with Crippen LogP contribution in [-0.4, -0.2) is 31.7 Å². The summed E-state index contributed by atoms with van der Waals surface area (Å²) in [5.74, 6) is 0.277. The summed E-state index contributed by atoms with van der Waals surface area (Å²) < 4.78 is 30.5. The zero-order chi connectivity index (χ0) is 17.9. The minimum absolute atomic E-state index is 0.0231. The number of nitro benzene ring substituents is 1. The zero-order valence-electron chi connectivity index (χ0n) is 12.8. The van der Waals surface area contributed by atoms with Gasteiger partial charge >= 0.3 is 0 Å². The molecule has 9 heteroatoms. The van der Waals surface area contributed by atoms with Gasteiger partial charge in [0, 0.05) is 20.2 Å². The fraction of sp³-hybridized carbons (Fsp3) is 0.133. The molecule has 0 atom stereocenters. The second-order valence-corrected chi connectivity index (χ2v) is 7.03. The van der Waals surface area contributed by atoms with Crippen molar-refractivity contribution in [3.05, 3.63) is 58.1 Å². The fourth-order valence-corrected chi connectivity index (χ4v) is 2.79. The number of rotatable bonds is 5. The largest absolute Gasteiger partial charge is 0.456 e. The van der Waals surface area contributed by atoms with Crippen LogP contribution in [0.5, 0.6) is 11.5 Å². The van der Waals surface area contributed by atoms with E-state index in [1.165, 1.54) is 56.6 Å². The molecule has 0 amide bonds. The Bertz CT molecular complexity index is 915. The second kappa shape index (κ2) is 6.66. The Labute approximate surface area is 138 Å². The van der Waals surface area contributed by atoms with Gasteiger partial charge in [-0.2, -0.15) is 5.26 Å². The summed E-state index contributed by atoms with van der Waals surface area (Å²) >= 11 is 0. The Morgan fingerprint density at radius 1 is 1.17 bits per heavy atom. The van der Waals surface area contributed by atoms with Crippen molar-refractivity contribution in [2.24, 2.45) is 0 Å². The van der Waals surface area contributed by atoms with Crippen molar-refractivity contribution in [2.45, 2.75) is 4.90 Å². The summed E-state index contributed by atoms with van der Waals surface area (Å²) in [6.45, 7) is 0. The highest BCUT2D eigenvalue weighted by Gasteiger charge is 2.20. The first-order chi connectivity index (χ1) is 11.3. The Hall–Kier alpha value is -2.96. The van der Waals surface area contributed by atoms with E-state index < -0.39 is 14.9 Å². The van der Waals surface area contributed by atoms with Gasteiger partial charge in [-0.1, -0.05) is 6.07 Å². The summed E-state index contributed by atoms with van der Waals surface area (Å²) in [6, 6.07) is 11.3. The van der Waals surface area contributed by atoms with E-state index in [2.05, 4.69) is 0 Å². The van der Waals surface area contributed by atoms with E-state index in [1.807, 2.05) is 0 Å². The van der Waals surface area contributed by atoms with Crippen molar-refractivity contribution in [3.63, 3.8) is 0 Å². The molecule has 2 aromatic rings. The number of hydrogen-bond donors (Lipinski definition) is 0. The maximum atomic E-state index is 12.0. The monoisotopic (exact) mass is 347 g/mol. The van der Waals surface area contributed by atoms with Crippen molar-refractivity contribution >= 4 is 15.7 Å². The van der Waals surface area contributed by atoms with Crippen LogP contribution in [0.15, 0.2) is 47.4 Å². The molecule has 0 saturated heterocycles. The topological polar surface area (TPSA) is 114 Å². The number of hydrogen-bond acceptors (Lipinski definition) is 6. The molecule has 0 spiro atoms. The molecule has 2 rings (SSSR count). The summed E-state index contributed by atoms with van der Waals surface area (Å²) in [7, 11) is -0.724. The molecule has 0 unspecified atom stereocenters. The summed E-state index contributed by atoms with van der Waals surface area (Å²) in [5, 5.41) is 20.1. The average molecular weight is 347 g/mol. The van der Waals surface area contributed by atoms with Gasteiger partial charge in [0.1, 0.15) is 11.8 Å². The second-order valence-electron chi connectivity index (χ2n) is 4.88. The van der Waals surface area contributed by atoms with E-state index >= 15 is 0 Å². The minimum Gasteiger partial charge on any atom is -0.456 e. The Morgan fingerprint density at radius 2 is 1.79 bits per heavy atom. The summed E-state index contributed by atoms with van der Waals surface area (Å²) in [6.07, 6.45) is 0. The molecule has 2 aromatic carbocycles. The van der Waals surface area contributed by atoms with Crippen LogP contribution in [0.3, 0.4) is 0 Å². The normalized spacial score (nSPS) is 11.1. The molecule has 0 aliphatic heterocycles. The number of sulfonamides is 1. The lowest BCUT2D eigenvalue weighted by Gasteiger charge is -2.12. The van der Waals surface area contributed by atoms with Crippen molar-refractivity contribution in [3.8, 4) is 17.6 Å². The van der Waals surface area contributed by atoms with Crippen LogP contribution in [0.1, 0.15) is 5.56 Å². The van der Waals surface area contributed by atoms with Crippen LogP contribution in [0.2, 0.25) is 0 Å². The number of ether oxygens (including phenoxy) is 1. The van der Waals surface area contributed by atoms with E-state index in [1.54, 1.807) is 6.07 Å². The number of nitriles is 1. The minimum atomic E-state index is -3.56. The molecule has 0 bridgehead atoms. The Morgan fingerprint density at radius 3 is 2.29 bits per heavy atom. The maximum Gasteiger partial charge on any atom is 0.290 e. The molecule has 0 aliphatic rings. The van der Waals surface area contributed by atoms with Gasteiger partial charge in [-0.25, -0.2) is 12.7 Å². The van der Waals surface area contributed by atoms with Gasteiger partial charge in [-0.3, -0.25) is 10.1 Å². The van der Waals surface area contributed by atoms with Crippen LogP contribution in [0.25, 0.3) is 0 Å². The molecule has 124 valence electrons. The maximum absolute atomic E-state index is 12.0. The predicted molar refractivity (Wildman–Crippen MR) is 85.2 cm³/mol. The molecule has 8 nitrogen and oxygen atoms in total. The molecular weight excluding hydrogens is 334 g/mol. The van der Waals surface area contributed by atoms with Crippen molar-refractivity contribution in [2.75, 3.05) is 14.1 Å². The highest BCUT2D eigenvalue weighted by molar-refractivity contribution is 7.89. The summed E-state index contributed by atoms with van der Waals surface area (Å²) in [4.78, 5) is 10.3. The molecule has 0 fully saturated rings. The quantitative estimate of drug-likeness (QED) is 0.606. The third-order valence-corrected chi connectivity index (χ3v) is 4.97. The highest BCUT2D eigenvalue weighted by atomic mass is 32.2. The number of nitrogens with zero attached hydrogens (tertiary/aromatic N) is 3. The summed E-state index contributed by atoms with van der Waals surface area (Å²) in [5.41, 5.74) is -0.561. The van der Waals surface area contributed by atoms with E-state index in [0.717, 1.165) is 4.31 Å². The van der Waals surface area contributed by atoms with Gasteiger partial charge in [0.25, 0.3) is 5.69 Å². The third kappa shape index (κ3) is 3.34. The van der Waals surface area contributed by atoms with Crippen LogP contribution in [0, 0.1) is 21.4 Å². The molecule has 0 radical (unpaired) electrons. The number of nitro groups is 1. The molecule has 0 N–H and O–H groups in total. The van der Waals surface area contributed by atoms with E-state index in [-0.39, 0.29) is 27.6 Å². The van der Waals surface area contributed by atoms with E-state index in [0.29, 0.717) is 0 Å². The molecule has 0 saturated carbocycles. The lowest BCUT2D eigenvalue weighted by atomic mass is 10.2. The lowest BCUT2D eigenvalue weighted by Crippen LogP contribution is -2.22. The van der Waals surface area contributed by atoms with Crippen molar-refractivity contribution in [1.82, 2.24) is 4.31 Å². The molecule has 0 aliphatic carbocycles. The van der Waals surface area contributed by atoms with Crippen LogP contribution in [0.4, 0.5) is 5.69 Å². The van der Waals surface area contributed by atoms with E-state index in [4.69, 9.17) is 10.00 Å². The third-order valence-electron chi connectivity index (χ3n) is 3.14. The molecule has 0 heterocycles. The van der Waals surface area contributed by atoms with Gasteiger partial charge in [0.15, 0.2) is 11.3 Å². The smallest absolute Gasteiger partial charge is 0.290 e. The van der Waals surface area contributed by atoms with Crippen molar-refractivity contribution in [1.29, 1.82) is 5.26 Å². The molecule has 24 heavy (non-hydrogen) atoms. The van der Waals surface area contributed by atoms with Gasteiger partial charge in [-0.15, -0.1) is 0 Å². The lowest BCUT2D eigenvalue weighted by molar-refractivity contribution is -0.385. The zero-order valence-corrected chi connectivity index (χ0v) is 13.6. The first-order valence-corrected chi connectivity index (χ1v) is 8.09. The SMILES string of the molecule is CN(C)S(=O)(=O)c1ccc(Oc2cccc([N+](=O)[O-])c2C#N)cc1. The van der Waals surface area contributed by atoms with Gasteiger partial charge < -0.3 is 4.74 Å². The standard InChI is InChI=1S/C15H13N3O5S/c1-17(2)24(21,22)12-8-6-11(7-9-12)23-15-5-3-4-14(18(19)20)13(15)10-16/h3-9H,1-2H3. The Kier molecular flexibility index (Phi) is 4.82. The molecule has 0 aromatic heterocycles. The van der Waals surface area contributed by atoms with Crippen LogP contribution in [-0.2, 0) is 10.0 Å². The van der Waals surface area contributed by atoms with Crippen molar-refractivity contribution < 1.29 is 18.1 Å². The van der Waals surface area contributed by atoms with Gasteiger partial charge in [0.05, 0.1) is 9.82 Å². The first-order valence-electron chi connectivity index (χ1n) is 6.65. The highest BCUT2D eigenvalue weighted by Crippen LogP contribution is 2.31. The van der Waals surface area contributed by atoms with Crippen LogP contribution >= 0.6 is 0 Å². The average Bonchev–Trinajstić information content (AvgIpc) is 2.54. The number of benzene rings is 2. The predicted octanol–water partition coefficient (Wildman–Crippen LogP) is 2.51. The molecular formula is C15H13N3O5S. The van der Waals surface area contributed by atoms with Crippen LogP contribution < -0.4 is 4.74 Å². The van der Waals surface area contributed by atoms with E-state index in [9.17, 15) is 18.5 Å². The Balaban J connectivity index is 2.36. The van der Waals surface area contributed by atoms with Gasteiger partial charge in [0.2, 0.25) is 10.0 Å². The fourth-order valence-electron chi connectivity index (χ4n) is 1.89.